The molecule has 1 amide bonds. The number of pyridine rings is 1. The minimum absolute atomic E-state index is 0.106. The van der Waals surface area contributed by atoms with Gasteiger partial charge in [-0.15, -0.1) is 0 Å². The second kappa shape index (κ2) is 9.27. The zero-order valence-electron chi connectivity index (χ0n) is 17.0. The maximum Gasteiger partial charge on any atom is 0.252 e. The second-order valence-electron chi connectivity index (χ2n) is 8.34. The summed E-state index contributed by atoms with van der Waals surface area (Å²) in [5, 5.41) is 22.1. The van der Waals surface area contributed by atoms with Crippen LogP contribution in [0.15, 0.2) is 36.5 Å². The Kier molecular flexibility index (Phi) is 6.29. The van der Waals surface area contributed by atoms with Crippen LogP contribution in [0.25, 0.3) is 11.1 Å². The summed E-state index contributed by atoms with van der Waals surface area (Å²) in [6, 6.07) is 11.1. The van der Waals surface area contributed by atoms with Crippen molar-refractivity contribution in [3.05, 3.63) is 47.7 Å². The molecule has 0 unspecified atom stereocenters. The van der Waals surface area contributed by atoms with Gasteiger partial charge in [-0.05, 0) is 55.4 Å². The zero-order valence-corrected chi connectivity index (χ0v) is 17.0. The molecule has 4 rings (SSSR count). The lowest BCUT2D eigenvalue weighted by atomic mass is 9.86. The van der Waals surface area contributed by atoms with Crippen LogP contribution < -0.4 is 10.1 Å². The summed E-state index contributed by atoms with van der Waals surface area (Å²) < 4.78 is 5.94. The van der Waals surface area contributed by atoms with Gasteiger partial charge in [-0.3, -0.25) is 4.79 Å². The molecule has 0 radical (unpaired) electrons. The van der Waals surface area contributed by atoms with Crippen molar-refractivity contribution in [1.29, 1.82) is 5.26 Å². The molecule has 0 saturated heterocycles. The predicted octanol–water partition coefficient (Wildman–Crippen LogP) is 3.69. The maximum atomic E-state index is 12.7. The molecule has 30 heavy (non-hydrogen) atoms. The zero-order chi connectivity index (χ0) is 20.9. The van der Waals surface area contributed by atoms with Crippen molar-refractivity contribution < 1.29 is 14.6 Å². The van der Waals surface area contributed by atoms with Gasteiger partial charge in [-0.2, -0.15) is 5.26 Å². The number of carbonyl (C=O) groups excluding carboxylic acids is 1. The third-order valence-electron chi connectivity index (χ3n) is 5.98. The molecule has 156 valence electrons. The summed E-state index contributed by atoms with van der Waals surface area (Å²) in [5.41, 5.74) is 2.63. The summed E-state index contributed by atoms with van der Waals surface area (Å²) >= 11 is 0. The van der Waals surface area contributed by atoms with Gasteiger partial charge in [0, 0.05) is 24.2 Å². The molecule has 2 atom stereocenters. The number of hydrogen-bond acceptors (Lipinski definition) is 5. The number of nitriles is 1. The molecule has 0 aliphatic heterocycles. The molecule has 1 aromatic heterocycles. The Labute approximate surface area is 176 Å². The molecular formula is C24H27N3O3. The fourth-order valence-corrected chi connectivity index (χ4v) is 3.86. The largest absolute Gasteiger partial charge is 0.477 e. The van der Waals surface area contributed by atoms with Crippen molar-refractivity contribution in [2.45, 2.75) is 44.6 Å². The highest BCUT2D eigenvalue weighted by Gasteiger charge is 2.25. The lowest BCUT2D eigenvalue weighted by Crippen LogP contribution is -2.36. The van der Waals surface area contributed by atoms with E-state index in [9.17, 15) is 9.90 Å². The van der Waals surface area contributed by atoms with E-state index >= 15 is 0 Å². The van der Waals surface area contributed by atoms with Crippen LogP contribution in [-0.2, 0) is 0 Å². The molecule has 0 bridgehead atoms. The molecule has 2 N–H and O–H groups in total. The fourth-order valence-electron chi connectivity index (χ4n) is 3.86. The first-order chi connectivity index (χ1) is 14.6. The van der Waals surface area contributed by atoms with E-state index in [1.165, 1.54) is 12.8 Å². The third kappa shape index (κ3) is 4.98. The maximum absolute atomic E-state index is 12.7. The topological polar surface area (TPSA) is 95.2 Å². The molecule has 1 heterocycles. The summed E-state index contributed by atoms with van der Waals surface area (Å²) in [5.74, 6) is 0.995. The van der Waals surface area contributed by atoms with E-state index in [-0.39, 0.29) is 17.9 Å². The average Bonchev–Trinajstić information content (AvgIpc) is 3.61. The molecule has 6 nitrogen and oxygen atoms in total. The van der Waals surface area contributed by atoms with Crippen LogP contribution in [0.5, 0.6) is 5.88 Å². The number of carbonyl (C=O) groups is 1. The first-order valence-corrected chi connectivity index (χ1v) is 10.7. The molecule has 2 aliphatic rings. The minimum atomic E-state index is -0.343. The van der Waals surface area contributed by atoms with Crippen LogP contribution in [0.4, 0.5) is 0 Å². The van der Waals surface area contributed by atoms with Gasteiger partial charge in [0.25, 0.3) is 5.91 Å². The van der Waals surface area contributed by atoms with E-state index in [1.54, 1.807) is 24.4 Å². The Bertz CT molecular complexity index is 932. The smallest absolute Gasteiger partial charge is 0.252 e. The SMILES string of the molecule is N#Cc1ccc(-c2cc(C(=O)NC[C@@H]3CCCC[C@@H]3O)cnc2OCC2CC2)cc1. The monoisotopic (exact) mass is 405 g/mol. The first-order valence-electron chi connectivity index (χ1n) is 10.7. The van der Waals surface area contributed by atoms with Crippen molar-refractivity contribution in [3.63, 3.8) is 0 Å². The van der Waals surface area contributed by atoms with E-state index in [1.807, 2.05) is 12.1 Å². The highest BCUT2D eigenvalue weighted by Crippen LogP contribution is 2.33. The number of aromatic nitrogens is 1. The molecule has 2 saturated carbocycles. The molecular weight excluding hydrogens is 378 g/mol. The fraction of sp³-hybridized carbons (Fsp3) is 0.458. The van der Waals surface area contributed by atoms with Gasteiger partial charge >= 0.3 is 0 Å². The van der Waals surface area contributed by atoms with E-state index < -0.39 is 0 Å². The first kappa shape index (κ1) is 20.4. The highest BCUT2D eigenvalue weighted by atomic mass is 16.5. The number of nitrogens with one attached hydrogen (secondary N) is 1. The molecule has 2 aliphatic carbocycles. The van der Waals surface area contributed by atoms with Crippen LogP contribution in [0.1, 0.15) is 54.4 Å². The summed E-state index contributed by atoms with van der Waals surface area (Å²) in [6.07, 6.45) is 7.44. The summed E-state index contributed by atoms with van der Waals surface area (Å²) in [7, 11) is 0. The molecule has 0 spiro atoms. The normalized spacial score (nSPS) is 20.9. The Balaban J connectivity index is 1.52. The van der Waals surface area contributed by atoms with Gasteiger partial charge in [0.05, 0.1) is 29.9 Å². The van der Waals surface area contributed by atoms with Crippen LogP contribution in [0.3, 0.4) is 0 Å². The van der Waals surface area contributed by atoms with Crippen molar-refractivity contribution in [3.8, 4) is 23.1 Å². The highest BCUT2D eigenvalue weighted by molar-refractivity contribution is 5.95. The van der Waals surface area contributed by atoms with Crippen LogP contribution in [0, 0.1) is 23.2 Å². The van der Waals surface area contributed by atoms with Crippen molar-refractivity contribution in [2.75, 3.05) is 13.2 Å². The molecule has 2 aromatic rings. The van der Waals surface area contributed by atoms with E-state index in [2.05, 4.69) is 16.4 Å². The van der Waals surface area contributed by atoms with Gasteiger partial charge in [-0.25, -0.2) is 4.98 Å². The van der Waals surface area contributed by atoms with Crippen LogP contribution in [-0.4, -0.2) is 35.3 Å². The Morgan fingerprint density at radius 1 is 1.20 bits per heavy atom. The molecule has 1 aromatic carbocycles. The minimum Gasteiger partial charge on any atom is -0.477 e. The lowest BCUT2D eigenvalue weighted by molar-refractivity contribution is 0.0663. The Morgan fingerprint density at radius 2 is 1.97 bits per heavy atom. The van der Waals surface area contributed by atoms with Gasteiger partial charge < -0.3 is 15.2 Å². The van der Waals surface area contributed by atoms with Gasteiger partial charge in [0.15, 0.2) is 0 Å². The van der Waals surface area contributed by atoms with Crippen LogP contribution >= 0.6 is 0 Å². The standard InChI is InChI=1S/C24H27N3O3/c25-12-16-7-9-18(10-8-16)21-11-20(14-27-24(21)30-15-17-5-6-17)23(29)26-13-19-3-1-2-4-22(19)28/h7-11,14,17,19,22,28H,1-6,13,15H2,(H,26,29)/t19-,22-/m0/s1. The lowest BCUT2D eigenvalue weighted by Gasteiger charge is -2.27. The van der Waals surface area contributed by atoms with Crippen molar-refractivity contribution in [2.24, 2.45) is 11.8 Å². The number of rotatable bonds is 7. The average molecular weight is 405 g/mol. The third-order valence-corrected chi connectivity index (χ3v) is 5.98. The van der Waals surface area contributed by atoms with Crippen LogP contribution in [0.2, 0.25) is 0 Å². The molecule has 6 heteroatoms. The number of benzene rings is 1. The van der Waals surface area contributed by atoms with Gasteiger partial charge in [0.2, 0.25) is 5.88 Å². The van der Waals surface area contributed by atoms with Crippen molar-refractivity contribution in [1.82, 2.24) is 10.3 Å². The van der Waals surface area contributed by atoms with E-state index in [0.29, 0.717) is 36.1 Å². The molecule has 2 fully saturated rings. The number of aliphatic hydroxyl groups is 1. The Morgan fingerprint density at radius 3 is 2.67 bits per heavy atom. The van der Waals surface area contributed by atoms with E-state index in [4.69, 9.17) is 10.00 Å². The van der Waals surface area contributed by atoms with Gasteiger partial charge in [-0.1, -0.05) is 25.0 Å². The number of nitrogens with zero attached hydrogens (tertiary/aromatic N) is 2. The Hall–Kier alpha value is -2.91. The number of amides is 1. The summed E-state index contributed by atoms with van der Waals surface area (Å²) in [6.45, 7) is 1.09. The van der Waals surface area contributed by atoms with Crippen molar-refractivity contribution >= 4 is 5.91 Å². The number of ether oxygens (including phenoxy) is 1. The summed E-state index contributed by atoms with van der Waals surface area (Å²) in [4.78, 5) is 17.2. The number of hydrogen-bond donors (Lipinski definition) is 2. The predicted molar refractivity (Wildman–Crippen MR) is 113 cm³/mol. The quantitative estimate of drug-likeness (QED) is 0.732. The van der Waals surface area contributed by atoms with Gasteiger partial charge in [0.1, 0.15) is 0 Å². The number of aliphatic hydroxyl groups excluding tert-OH is 1. The second-order valence-corrected chi connectivity index (χ2v) is 8.34. The van der Waals surface area contributed by atoms with E-state index in [0.717, 1.165) is 36.8 Å².